The van der Waals surface area contributed by atoms with Gasteiger partial charge in [0.05, 0.1) is 20.1 Å². The smallest absolute Gasteiger partial charge is 0.379 e. The van der Waals surface area contributed by atoms with Crippen molar-refractivity contribution in [2.24, 2.45) is 5.73 Å². The highest BCUT2D eigenvalue weighted by Crippen LogP contribution is 2.46. The Labute approximate surface area is 219 Å². The van der Waals surface area contributed by atoms with Gasteiger partial charge in [0.25, 0.3) is 0 Å². The zero-order valence-corrected chi connectivity index (χ0v) is 21.7. The van der Waals surface area contributed by atoms with Gasteiger partial charge in [0.15, 0.2) is 0 Å². The average Bonchev–Trinajstić information content (AvgIpc) is 3.26. The van der Waals surface area contributed by atoms with E-state index < -0.39 is 11.9 Å². The topological polar surface area (TPSA) is 117 Å². The molecule has 2 heterocycles. The minimum Gasteiger partial charge on any atom is -0.497 e. The predicted octanol–water partition coefficient (Wildman–Crippen LogP) is 5.81. The number of carbonyl (C=O) groups excluding carboxylic acids is 1. The summed E-state index contributed by atoms with van der Waals surface area (Å²) in [6, 6.07) is 16.4. The van der Waals surface area contributed by atoms with Crippen molar-refractivity contribution in [3.63, 3.8) is 0 Å². The number of ether oxygens (including phenoxy) is 4. The van der Waals surface area contributed by atoms with E-state index in [0.29, 0.717) is 39.5 Å². The summed E-state index contributed by atoms with van der Waals surface area (Å²) in [5.74, 6) is 0.674. The van der Waals surface area contributed by atoms with Crippen LogP contribution in [0.15, 0.2) is 64.4 Å². The number of allylic oxidation sites excluding steroid dienone is 1. The Balaban J connectivity index is 1.52. The Kier molecular flexibility index (Phi) is 6.21. The van der Waals surface area contributed by atoms with Gasteiger partial charge in [0.2, 0.25) is 11.6 Å². The number of benzene rings is 3. The number of furan rings is 1. The normalized spacial score (nSPS) is 14.5. The van der Waals surface area contributed by atoms with Crippen molar-refractivity contribution < 1.29 is 28.2 Å². The van der Waals surface area contributed by atoms with Gasteiger partial charge in [-0.2, -0.15) is 5.26 Å². The summed E-state index contributed by atoms with van der Waals surface area (Å²) in [7, 11) is 3.11. The summed E-state index contributed by atoms with van der Waals surface area (Å²) >= 11 is 0. The third kappa shape index (κ3) is 3.98. The van der Waals surface area contributed by atoms with Crippen molar-refractivity contribution in [1.82, 2.24) is 0 Å². The number of nitriles is 1. The van der Waals surface area contributed by atoms with Crippen LogP contribution in [0.25, 0.3) is 11.0 Å². The molecule has 1 unspecified atom stereocenters. The van der Waals surface area contributed by atoms with Gasteiger partial charge in [0, 0.05) is 34.2 Å². The van der Waals surface area contributed by atoms with Crippen LogP contribution in [0.1, 0.15) is 44.3 Å². The molecule has 1 aliphatic heterocycles. The fourth-order valence-electron chi connectivity index (χ4n) is 4.74. The average molecular weight is 511 g/mol. The lowest BCUT2D eigenvalue weighted by atomic mass is 9.83. The molecule has 3 aromatic carbocycles. The second kappa shape index (κ2) is 9.52. The van der Waals surface area contributed by atoms with Crippen molar-refractivity contribution in [1.29, 1.82) is 5.26 Å². The molecule has 192 valence electrons. The molecule has 2 N–H and O–H groups in total. The Morgan fingerprint density at radius 1 is 0.947 bits per heavy atom. The second-order valence-electron chi connectivity index (χ2n) is 9.06. The van der Waals surface area contributed by atoms with Gasteiger partial charge in [-0.05, 0) is 44.0 Å². The maximum atomic E-state index is 13.1. The number of methoxy groups -OCH3 is 2. The lowest BCUT2D eigenvalue weighted by Gasteiger charge is -2.27. The Hall–Kier alpha value is -4.90. The molecule has 1 aromatic heterocycles. The van der Waals surface area contributed by atoms with Crippen molar-refractivity contribution in [2.45, 2.75) is 26.7 Å². The Morgan fingerprint density at radius 3 is 2.39 bits per heavy atom. The molecule has 8 heteroatoms. The molecule has 0 aliphatic carbocycles. The quantitative estimate of drug-likeness (QED) is 0.264. The number of rotatable bonds is 5. The highest BCUT2D eigenvalue weighted by Gasteiger charge is 2.33. The first kappa shape index (κ1) is 24.8. The van der Waals surface area contributed by atoms with Crippen LogP contribution in [0.2, 0.25) is 0 Å². The lowest BCUT2D eigenvalue weighted by molar-refractivity contribution is 0.0702. The van der Waals surface area contributed by atoms with Crippen LogP contribution in [0.3, 0.4) is 0 Å². The van der Waals surface area contributed by atoms with Crippen molar-refractivity contribution in [3.8, 4) is 29.1 Å². The maximum Gasteiger partial charge on any atom is 0.379 e. The summed E-state index contributed by atoms with van der Waals surface area (Å²) in [5, 5.41) is 10.8. The van der Waals surface area contributed by atoms with Crippen LogP contribution >= 0.6 is 0 Å². The minimum absolute atomic E-state index is 0.0367. The van der Waals surface area contributed by atoms with Crippen LogP contribution in [-0.2, 0) is 0 Å². The largest absolute Gasteiger partial charge is 0.497 e. The number of aryl methyl sites for hydroxylation is 3. The highest BCUT2D eigenvalue weighted by molar-refractivity contribution is 5.98. The van der Waals surface area contributed by atoms with Crippen molar-refractivity contribution in [2.75, 3.05) is 14.2 Å². The van der Waals surface area contributed by atoms with E-state index in [1.165, 1.54) is 0 Å². The second-order valence-corrected chi connectivity index (χ2v) is 9.06. The lowest BCUT2D eigenvalue weighted by Crippen LogP contribution is -2.21. The van der Waals surface area contributed by atoms with E-state index >= 15 is 0 Å². The molecule has 4 aromatic rings. The highest BCUT2D eigenvalue weighted by atomic mass is 16.5. The van der Waals surface area contributed by atoms with Crippen LogP contribution in [0.5, 0.6) is 23.0 Å². The van der Waals surface area contributed by atoms with Crippen molar-refractivity contribution in [3.05, 3.63) is 93.6 Å². The van der Waals surface area contributed by atoms with E-state index in [-0.39, 0.29) is 23.0 Å². The molecule has 1 atom stereocenters. The summed E-state index contributed by atoms with van der Waals surface area (Å²) in [6.45, 7) is 5.78. The molecular formula is C30H26N2O6. The van der Waals surface area contributed by atoms with Gasteiger partial charge in [-0.15, -0.1) is 0 Å². The van der Waals surface area contributed by atoms with Crippen LogP contribution in [0, 0.1) is 32.1 Å². The van der Waals surface area contributed by atoms with Crippen LogP contribution in [-0.4, -0.2) is 20.2 Å². The fourth-order valence-corrected chi connectivity index (χ4v) is 4.74. The Morgan fingerprint density at radius 2 is 1.68 bits per heavy atom. The standard InChI is InChI=1S/C30H26N2O6/c1-15-6-9-20-17(3)28(38-27(20)16(15)2)30(33)36-19-8-11-22-25(13-19)37-29(32)23(14-31)26(22)21-10-7-18(34-4)12-24(21)35-5/h6-13,26H,32H2,1-5H3. The number of esters is 1. The zero-order chi connectivity index (χ0) is 27.1. The number of hydrogen-bond donors (Lipinski definition) is 1. The predicted molar refractivity (Wildman–Crippen MR) is 141 cm³/mol. The van der Waals surface area contributed by atoms with Gasteiger partial charge >= 0.3 is 5.97 Å². The molecule has 0 bridgehead atoms. The van der Waals surface area contributed by atoms with Gasteiger partial charge in [-0.25, -0.2) is 4.79 Å². The van der Waals surface area contributed by atoms with Gasteiger partial charge in [-0.3, -0.25) is 0 Å². The third-order valence-electron chi connectivity index (χ3n) is 6.96. The molecule has 0 amide bonds. The van der Waals surface area contributed by atoms with E-state index in [1.54, 1.807) is 44.6 Å². The van der Waals surface area contributed by atoms with E-state index in [9.17, 15) is 10.1 Å². The van der Waals surface area contributed by atoms with E-state index in [0.717, 1.165) is 16.5 Å². The number of carbonyl (C=O) groups is 1. The molecule has 1 aliphatic rings. The SMILES string of the molecule is COc1ccc(C2C(C#N)=C(N)Oc3cc(OC(=O)c4oc5c(C)c(C)ccc5c4C)ccc32)c(OC)c1. The van der Waals surface area contributed by atoms with Gasteiger partial charge in [-0.1, -0.05) is 24.3 Å². The maximum absolute atomic E-state index is 13.1. The number of nitrogens with zero attached hydrogens (tertiary/aromatic N) is 1. The number of nitrogens with two attached hydrogens (primary N) is 1. The molecule has 5 rings (SSSR count). The summed E-state index contributed by atoms with van der Waals surface area (Å²) in [5.41, 5.74) is 11.2. The van der Waals surface area contributed by atoms with E-state index in [1.807, 2.05) is 39.0 Å². The summed E-state index contributed by atoms with van der Waals surface area (Å²) in [6.07, 6.45) is 0. The molecule has 0 fully saturated rings. The molecule has 38 heavy (non-hydrogen) atoms. The third-order valence-corrected chi connectivity index (χ3v) is 6.96. The molecule has 0 radical (unpaired) electrons. The Bertz CT molecular complexity index is 1670. The molecular weight excluding hydrogens is 484 g/mol. The summed E-state index contributed by atoms with van der Waals surface area (Å²) in [4.78, 5) is 13.1. The zero-order valence-electron chi connectivity index (χ0n) is 21.7. The van der Waals surface area contributed by atoms with Gasteiger partial charge < -0.3 is 29.1 Å². The monoisotopic (exact) mass is 510 g/mol. The molecule has 0 saturated heterocycles. The van der Waals surface area contributed by atoms with E-state index in [4.69, 9.17) is 29.1 Å². The summed E-state index contributed by atoms with van der Waals surface area (Å²) < 4.78 is 28.3. The first-order chi connectivity index (χ1) is 18.3. The van der Waals surface area contributed by atoms with Gasteiger partial charge in [0.1, 0.15) is 40.2 Å². The van der Waals surface area contributed by atoms with E-state index in [2.05, 4.69) is 6.07 Å². The molecule has 0 saturated carbocycles. The fraction of sp³-hybridized carbons (Fsp3) is 0.200. The molecule has 0 spiro atoms. The van der Waals surface area contributed by atoms with Crippen LogP contribution < -0.4 is 24.7 Å². The first-order valence-corrected chi connectivity index (χ1v) is 11.9. The first-order valence-electron chi connectivity index (χ1n) is 11.9. The molecule has 8 nitrogen and oxygen atoms in total. The number of fused-ring (bicyclic) bond motifs is 2. The number of hydrogen-bond acceptors (Lipinski definition) is 8. The van der Waals surface area contributed by atoms with Crippen LogP contribution in [0.4, 0.5) is 0 Å². The minimum atomic E-state index is -0.624. The van der Waals surface area contributed by atoms with Crippen molar-refractivity contribution >= 4 is 16.9 Å².